The molecule has 0 aliphatic rings. The summed E-state index contributed by atoms with van der Waals surface area (Å²) in [6.45, 7) is 1.44. The SMILES string of the molecule is CC#C/C(=C/O)CO. The third kappa shape index (κ3) is 2.27. The highest BCUT2D eigenvalue weighted by atomic mass is 16.3. The molecule has 0 unspecified atom stereocenters. The molecule has 44 valence electrons. The van der Waals surface area contributed by atoms with Crippen LogP contribution >= 0.6 is 0 Å². The van der Waals surface area contributed by atoms with Crippen molar-refractivity contribution >= 4 is 0 Å². The first-order chi connectivity index (χ1) is 3.85. The highest BCUT2D eigenvalue weighted by Gasteiger charge is 1.83. The predicted octanol–water partition coefficient (Wildman–Crippen LogP) is 0.444. The average Bonchev–Trinajstić information content (AvgIpc) is 1.83. The molecule has 0 spiro atoms. The molecule has 0 aliphatic heterocycles. The molecule has 0 aliphatic carbocycles. The van der Waals surface area contributed by atoms with Crippen LogP contribution in [0.2, 0.25) is 0 Å². The molecule has 0 bridgehead atoms. The van der Waals surface area contributed by atoms with E-state index in [9.17, 15) is 0 Å². The van der Waals surface area contributed by atoms with Crippen LogP contribution in [-0.4, -0.2) is 16.8 Å². The molecule has 2 heteroatoms. The van der Waals surface area contributed by atoms with Gasteiger partial charge in [-0.2, -0.15) is 0 Å². The van der Waals surface area contributed by atoms with E-state index in [1.807, 2.05) is 0 Å². The van der Waals surface area contributed by atoms with Gasteiger partial charge < -0.3 is 10.2 Å². The number of aliphatic hydroxyl groups excluding tert-OH is 2. The van der Waals surface area contributed by atoms with Crippen LogP contribution < -0.4 is 0 Å². The van der Waals surface area contributed by atoms with Gasteiger partial charge in [0.05, 0.1) is 18.4 Å². The number of hydrogen-bond acceptors (Lipinski definition) is 2. The summed E-state index contributed by atoms with van der Waals surface area (Å²) in [5.41, 5.74) is 0.340. The van der Waals surface area contributed by atoms with E-state index in [0.29, 0.717) is 5.57 Å². The van der Waals surface area contributed by atoms with Crippen LogP contribution in [-0.2, 0) is 0 Å². The average molecular weight is 112 g/mol. The second-order valence-corrected chi connectivity index (χ2v) is 1.19. The van der Waals surface area contributed by atoms with Gasteiger partial charge in [-0.15, -0.1) is 5.92 Å². The fourth-order valence-corrected chi connectivity index (χ4v) is 0.273. The third-order valence-electron chi connectivity index (χ3n) is 0.612. The van der Waals surface area contributed by atoms with Crippen molar-refractivity contribution in [2.75, 3.05) is 6.61 Å². The molecule has 0 radical (unpaired) electrons. The maximum absolute atomic E-state index is 8.33. The fraction of sp³-hybridized carbons (Fsp3) is 0.333. The van der Waals surface area contributed by atoms with Crippen molar-refractivity contribution in [3.05, 3.63) is 11.8 Å². The van der Waals surface area contributed by atoms with E-state index < -0.39 is 0 Å². The molecule has 0 atom stereocenters. The Labute approximate surface area is 48.5 Å². The van der Waals surface area contributed by atoms with Crippen molar-refractivity contribution in [3.63, 3.8) is 0 Å². The van der Waals surface area contributed by atoms with Gasteiger partial charge in [0.15, 0.2) is 0 Å². The summed E-state index contributed by atoms with van der Waals surface area (Å²) in [4.78, 5) is 0. The van der Waals surface area contributed by atoms with E-state index in [1.165, 1.54) is 0 Å². The molecule has 2 nitrogen and oxygen atoms in total. The van der Waals surface area contributed by atoms with Gasteiger partial charge in [0, 0.05) is 0 Å². The summed E-state index contributed by atoms with van der Waals surface area (Å²) >= 11 is 0. The normalized spacial score (nSPS) is 10.0. The largest absolute Gasteiger partial charge is 0.515 e. The quantitative estimate of drug-likeness (QED) is 0.382. The Kier molecular flexibility index (Phi) is 3.73. The molecule has 0 saturated heterocycles. The van der Waals surface area contributed by atoms with Gasteiger partial charge in [-0.25, -0.2) is 0 Å². The molecule has 0 aromatic carbocycles. The third-order valence-corrected chi connectivity index (χ3v) is 0.612. The van der Waals surface area contributed by atoms with Gasteiger partial charge in [0.1, 0.15) is 0 Å². The molecule has 2 N–H and O–H groups in total. The van der Waals surface area contributed by atoms with Gasteiger partial charge in [0.25, 0.3) is 0 Å². The lowest BCUT2D eigenvalue weighted by Gasteiger charge is -1.84. The summed E-state index contributed by atoms with van der Waals surface area (Å²) < 4.78 is 0. The maximum Gasteiger partial charge on any atom is 0.0930 e. The first kappa shape index (κ1) is 7.06. The molecular weight excluding hydrogens is 104 g/mol. The second kappa shape index (κ2) is 4.23. The van der Waals surface area contributed by atoms with Gasteiger partial charge in [0.2, 0.25) is 0 Å². The van der Waals surface area contributed by atoms with Gasteiger partial charge >= 0.3 is 0 Å². The smallest absolute Gasteiger partial charge is 0.0930 e. The Morgan fingerprint density at radius 1 is 1.75 bits per heavy atom. The van der Waals surface area contributed by atoms with Crippen LogP contribution in [0.1, 0.15) is 6.92 Å². The van der Waals surface area contributed by atoms with E-state index in [2.05, 4.69) is 11.8 Å². The van der Waals surface area contributed by atoms with Crippen LogP contribution in [0.3, 0.4) is 0 Å². The monoisotopic (exact) mass is 112 g/mol. The van der Waals surface area contributed by atoms with E-state index in [4.69, 9.17) is 10.2 Å². The zero-order valence-electron chi connectivity index (χ0n) is 4.68. The maximum atomic E-state index is 8.33. The number of hydrogen-bond donors (Lipinski definition) is 2. The van der Waals surface area contributed by atoms with Crippen molar-refractivity contribution in [1.29, 1.82) is 0 Å². The standard InChI is InChI=1S/C6H8O2/c1-2-3-6(4-7)5-8/h4,7-8H,5H2,1H3/b6-4-. The number of aliphatic hydroxyl groups is 2. The number of rotatable bonds is 1. The first-order valence-corrected chi connectivity index (χ1v) is 2.22. The lowest BCUT2D eigenvalue weighted by atomic mass is 10.3. The lowest BCUT2D eigenvalue weighted by Crippen LogP contribution is -1.84. The van der Waals surface area contributed by atoms with E-state index in [0.717, 1.165) is 6.26 Å². The van der Waals surface area contributed by atoms with Crippen LogP contribution in [0.25, 0.3) is 0 Å². The molecule has 0 heterocycles. The Morgan fingerprint density at radius 3 is 2.50 bits per heavy atom. The van der Waals surface area contributed by atoms with E-state index >= 15 is 0 Å². The summed E-state index contributed by atoms with van der Waals surface area (Å²) in [5.74, 6) is 5.02. The zero-order valence-corrected chi connectivity index (χ0v) is 4.68. The zero-order chi connectivity index (χ0) is 6.41. The van der Waals surface area contributed by atoms with Crippen molar-refractivity contribution in [1.82, 2.24) is 0 Å². The van der Waals surface area contributed by atoms with Crippen LogP contribution in [0.15, 0.2) is 11.8 Å². The van der Waals surface area contributed by atoms with Crippen LogP contribution in [0, 0.1) is 11.8 Å². The summed E-state index contributed by atoms with van der Waals surface area (Å²) in [5, 5.41) is 16.6. The molecule has 0 aromatic rings. The minimum atomic E-state index is -0.197. The summed E-state index contributed by atoms with van der Waals surface area (Å²) in [6.07, 6.45) is 0.802. The molecule has 0 aromatic heterocycles. The molecular formula is C6H8O2. The molecule has 0 saturated carbocycles. The van der Waals surface area contributed by atoms with Crippen LogP contribution in [0.4, 0.5) is 0 Å². The van der Waals surface area contributed by atoms with Crippen molar-refractivity contribution in [2.45, 2.75) is 6.92 Å². The van der Waals surface area contributed by atoms with Crippen molar-refractivity contribution < 1.29 is 10.2 Å². The minimum Gasteiger partial charge on any atom is -0.515 e. The van der Waals surface area contributed by atoms with Gasteiger partial charge in [-0.1, -0.05) is 5.92 Å². The van der Waals surface area contributed by atoms with Crippen molar-refractivity contribution in [2.24, 2.45) is 0 Å². The molecule has 0 amide bonds. The van der Waals surface area contributed by atoms with E-state index in [1.54, 1.807) is 6.92 Å². The first-order valence-electron chi connectivity index (χ1n) is 2.22. The summed E-state index contributed by atoms with van der Waals surface area (Å²) in [6, 6.07) is 0. The topological polar surface area (TPSA) is 40.5 Å². The van der Waals surface area contributed by atoms with E-state index in [-0.39, 0.29) is 6.61 Å². The Balaban J connectivity index is 3.86. The Morgan fingerprint density at radius 2 is 2.38 bits per heavy atom. The fourth-order valence-electron chi connectivity index (χ4n) is 0.273. The highest BCUT2D eigenvalue weighted by molar-refractivity contribution is 5.26. The highest BCUT2D eigenvalue weighted by Crippen LogP contribution is 1.84. The van der Waals surface area contributed by atoms with Crippen LogP contribution in [0.5, 0.6) is 0 Å². The second-order valence-electron chi connectivity index (χ2n) is 1.19. The molecule has 0 rings (SSSR count). The van der Waals surface area contributed by atoms with Crippen molar-refractivity contribution in [3.8, 4) is 11.8 Å². The summed E-state index contributed by atoms with van der Waals surface area (Å²) in [7, 11) is 0. The van der Waals surface area contributed by atoms with Gasteiger partial charge in [-0.05, 0) is 6.92 Å². The molecule has 8 heavy (non-hydrogen) atoms. The Bertz CT molecular complexity index is 136. The van der Waals surface area contributed by atoms with Gasteiger partial charge in [-0.3, -0.25) is 0 Å². The lowest BCUT2D eigenvalue weighted by molar-refractivity contribution is 0.329. The molecule has 0 fully saturated rings. The predicted molar refractivity (Wildman–Crippen MR) is 31.2 cm³/mol. The Hall–Kier alpha value is -0.940. The minimum absolute atomic E-state index is 0.197.